The van der Waals surface area contributed by atoms with Crippen molar-refractivity contribution in [2.45, 2.75) is 0 Å². The number of benzene rings is 1. The molecule has 0 atom stereocenters. The molecule has 0 aliphatic carbocycles. The molecule has 122 valence electrons. The Morgan fingerprint density at radius 2 is 1.88 bits per heavy atom. The average molecular weight is 426 g/mol. The SMILES string of the molecule is O=C(NNC(=O)c1ccc(Br)s1)c1cnn(-c2ccccc2Cl)c1. The molecule has 2 N–H and O–H groups in total. The zero-order valence-electron chi connectivity index (χ0n) is 12.0. The molecule has 0 saturated heterocycles. The number of nitrogens with zero attached hydrogens (tertiary/aromatic N) is 2. The molecule has 2 heterocycles. The van der Waals surface area contributed by atoms with Gasteiger partial charge in [-0.05, 0) is 40.2 Å². The standard InChI is InChI=1S/C15H10BrClN4O2S/c16-13-6-5-12(24-13)15(23)20-19-14(22)9-7-18-21(8-9)11-4-2-1-3-10(11)17/h1-8H,(H,19,22)(H,20,23). The van der Waals surface area contributed by atoms with Gasteiger partial charge in [0, 0.05) is 6.20 Å². The number of hydrazine groups is 1. The topological polar surface area (TPSA) is 76.0 Å². The number of carbonyl (C=O) groups is 2. The monoisotopic (exact) mass is 424 g/mol. The predicted octanol–water partition coefficient (Wildman–Crippen LogP) is 3.42. The number of aromatic nitrogens is 2. The quantitative estimate of drug-likeness (QED) is 0.631. The number of halogens is 2. The molecule has 24 heavy (non-hydrogen) atoms. The van der Waals surface area contributed by atoms with E-state index in [1.807, 2.05) is 6.07 Å². The second kappa shape index (κ2) is 7.16. The van der Waals surface area contributed by atoms with Crippen LogP contribution in [0.2, 0.25) is 5.02 Å². The molecule has 0 unspecified atom stereocenters. The number of carbonyl (C=O) groups excluding carboxylic acids is 2. The lowest BCUT2D eigenvalue weighted by atomic mass is 10.3. The van der Waals surface area contributed by atoms with Crippen LogP contribution < -0.4 is 10.9 Å². The summed E-state index contributed by atoms with van der Waals surface area (Å²) in [7, 11) is 0. The summed E-state index contributed by atoms with van der Waals surface area (Å²) in [6.07, 6.45) is 2.93. The van der Waals surface area contributed by atoms with Crippen molar-refractivity contribution < 1.29 is 9.59 Å². The van der Waals surface area contributed by atoms with E-state index in [0.29, 0.717) is 21.2 Å². The summed E-state index contributed by atoms with van der Waals surface area (Å²) >= 11 is 10.6. The summed E-state index contributed by atoms with van der Waals surface area (Å²) in [6.45, 7) is 0. The highest BCUT2D eigenvalue weighted by atomic mass is 79.9. The molecule has 2 amide bonds. The van der Waals surface area contributed by atoms with Gasteiger partial charge in [0.05, 0.1) is 31.1 Å². The van der Waals surface area contributed by atoms with Crippen molar-refractivity contribution in [3.05, 3.63) is 68.0 Å². The zero-order chi connectivity index (χ0) is 17.1. The Morgan fingerprint density at radius 1 is 1.12 bits per heavy atom. The first kappa shape index (κ1) is 16.7. The van der Waals surface area contributed by atoms with E-state index in [1.54, 1.807) is 30.3 Å². The van der Waals surface area contributed by atoms with Gasteiger partial charge in [-0.2, -0.15) is 5.10 Å². The molecule has 0 saturated carbocycles. The second-order valence-corrected chi connectivity index (χ2v) is 7.51. The van der Waals surface area contributed by atoms with E-state index in [1.165, 1.54) is 28.4 Å². The molecule has 3 rings (SSSR count). The van der Waals surface area contributed by atoms with E-state index in [2.05, 4.69) is 31.9 Å². The summed E-state index contributed by atoms with van der Waals surface area (Å²) in [5.74, 6) is -0.866. The van der Waals surface area contributed by atoms with Crippen LogP contribution in [0.3, 0.4) is 0 Å². The van der Waals surface area contributed by atoms with Gasteiger partial charge in [0.2, 0.25) is 0 Å². The first-order valence-electron chi connectivity index (χ1n) is 6.70. The van der Waals surface area contributed by atoms with Crippen LogP contribution in [0.25, 0.3) is 5.69 Å². The van der Waals surface area contributed by atoms with Gasteiger partial charge in [0.1, 0.15) is 0 Å². The van der Waals surface area contributed by atoms with Crippen molar-refractivity contribution in [1.82, 2.24) is 20.6 Å². The van der Waals surface area contributed by atoms with E-state index < -0.39 is 11.8 Å². The maximum atomic E-state index is 12.1. The number of amides is 2. The van der Waals surface area contributed by atoms with Crippen LogP contribution in [0, 0.1) is 0 Å². The van der Waals surface area contributed by atoms with Gasteiger partial charge in [0.25, 0.3) is 11.8 Å². The minimum absolute atomic E-state index is 0.294. The summed E-state index contributed by atoms with van der Waals surface area (Å²) in [5, 5.41) is 4.63. The van der Waals surface area contributed by atoms with E-state index in [4.69, 9.17) is 11.6 Å². The second-order valence-electron chi connectivity index (χ2n) is 4.64. The van der Waals surface area contributed by atoms with Gasteiger partial charge in [-0.15, -0.1) is 11.3 Å². The van der Waals surface area contributed by atoms with Gasteiger partial charge in [-0.25, -0.2) is 4.68 Å². The molecule has 0 bridgehead atoms. The first-order valence-corrected chi connectivity index (χ1v) is 8.69. The lowest BCUT2D eigenvalue weighted by Gasteiger charge is -2.05. The largest absolute Gasteiger partial charge is 0.279 e. The fourth-order valence-corrected chi connectivity index (χ4v) is 3.40. The molecule has 0 aliphatic rings. The number of para-hydroxylation sites is 1. The molecule has 0 fully saturated rings. The van der Waals surface area contributed by atoms with E-state index in [9.17, 15) is 9.59 Å². The molecule has 0 aliphatic heterocycles. The van der Waals surface area contributed by atoms with E-state index >= 15 is 0 Å². The molecular weight excluding hydrogens is 416 g/mol. The number of rotatable bonds is 3. The van der Waals surface area contributed by atoms with Crippen molar-refractivity contribution >= 4 is 50.7 Å². The maximum absolute atomic E-state index is 12.1. The van der Waals surface area contributed by atoms with Crippen LogP contribution in [0.1, 0.15) is 20.0 Å². The third-order valence-corrected chi connectivity index (χ3v) is 4.97. The Hall–Kier alpha value is -2.16. The molecule has 1 aromatic carbocycles. The fourth-order valence-electron chi connectivity index (χ4n) is 1.89. The average Bonchev–Trinajstić information content (AvgIpc) is 3.22. The highest BCUT2D eigenvalue weighted by Crippen LogP contribution is 2.21. The van der Waals surface area contributed by atoms with Crippen LogP contribution in [0.15, 0.2) is 52.6 Å². The number of thiophene rings is 1. The van der Waals surface area contributed by atoms with Gasteiger partial charge >= 0.3 is 0 Å². The molecule has 3 aromatic rings. The lowest BCUT2D eigenvalue weighted by molar-refractivity contribution is 0.0849. The molecule has 0 radical (unpaired) electrons. The maximum Gasteiger partial charge on any atom is 0.279 e. The van der Waals surface area contributed by atoms with Crippen molar-refractivity contribution in [3.63, 3.8) is 0 Å². The van der Waals surface area contributed by atoms with Crippen LogP contribution in [0.4, 0.5) is 0 Å². The molecule has 9 heteroatoms. The fraction of sp³-hybridized carbons (Fsp3) is 0. The molecule has 2 aromatic heterocycles. The van der Waals surface area contributed by atoms with Crippen molar-refractivity contribution in [2.75, 3.05) is 0 Å². The van der Waals surface area contributed by atoms with Gasteiger partial charge in [0.15, 0.2) is 0 Å². The highest BCUT2D eigenvalue weighted by Gasteiger charge is 2.13. The van der Waals surface area contributed by atoms with Crippen molar-refractivity contribution in [2.24, 2.45) is 0 Å². The highest BCUT2D eigenvalue weighted by molar-refractivity contribution is 9.11. The summed E-state index contributed by atoms with van der Waals surface area (Å²) < 4.78 is 2.33. The number of hydrogen-bond donors (Lipinski definition) is 2. The first-order chi connectivity index (χ1) is 11.5. The number of nitrogens with one attached hydrogen (secondary N) is 2. The van der Waals surface area contributed by atoms with E-state index in [0.717, 1.165) is 3.79 Å². The Bertz CT molecular complexity index is 908. The normalized spacial score (nSPS) is 10.4. The van der Waals surface area contributed by atoms with Gasteiger partial charge in [-0.3, -0.25) is 20.4 Å². The van der Waals surface area contributed by atoms with Crippen LogP contribution in [-0.2, 0) is 0 Å². The molecule has 0 spiro atoms. The lowest BCUT2D eigenvalue weighted by Crippen LogP contribution is -2.41. The summed E-state index contributed by atoms with van der Waals surface area (Å²) in [5.41, 5.74) is 5.66. The summed E-state index contributed by atoms with van der Waals surface area (Å²) in [6, 6.07) is 10.6. The molecular formula is C15H10BrClN4O2S. The zero-order valence-corrected chi connectivity index (χ0v) is 15.2. The molecule has 6 nitrogen and oxygen atoms in total. The summed E-state index contributed by atoms with van der Waals surface area (Å²) in [4.78, 5) is 24.5. The smallest absolute Gasteiger partial charge is 0.267 e. The Balaban J connectivity index is 1.66. The van der Waals surface area contributed by atoms with Crippen LogP contribution in [-0.4, -0.2) is 21.6 Å². The minimum Gasteiger partial charge on any atom is -0.267 e. The van der Waals surface area contributed by atoms with E-state index in [-0.39, 0.29) is 0 Å². The van der Waals surface area contributed by atoms with Crippen LogP contribution in [0.5, 0.6) is 0 Å². The van der Waals surface area contributed by atoms with Crippen molar-refractivity contribution in [3.8, 4) is 5.69 Å². The Labute approximate surface area is 154 Å². The Morgan fingerprint density at radius 3 is 2.58 bits per heavy atom. The van der Waals surface area contributed by atoms with Gasteiger partial charge < -0.3 is 0 Å². The third-order valence-electron chi connectivity index (χ3n) is 3.03. The number of hydrogen-bond acceptors (Lipinski definition) is 4. The van der Waals surface area contributed by atoms with Gasteiger partial charge in [-0.1, -0.05) is 23.7 Å². The minimum atomic E-state index is -0.475. The van der Waals surface area contributed by atoms with Crippen LogP contribution >= 0.6 is 38.9 Å². The third kappa shape index (κ3) is 3.66. The Kier molecular flexibility index (Phi) is 4.98. The predicted molar refractivity (Wildman–Crippen MR) is 95.5 cm³/mol. The van der Waals surface area contributed by atoms with Crippen molar-refractivity contribution in [1.29, 1.82) is 0 Å².